The minimum atomic E-state index is -3.85. The topological polar surface area (TPSA) is 84.5 Å². The molecular weight excluding hydrogens is 432 g/mol. The number of carbonyl (C=O) groups excluding carboxylic acids is 1. The summed E-state index contributed by atoms with van der Waals surface area (Å²) in [5, 5.41) is 2.90. The van der Waals surface area contributed by atoms with Gasteiger partial charge in [0.05, 0.1) is 22.2 Å². The third-order valence-corrected chi connectivity index (χ3v) is 6.15. The molecule has 0 aromatic heterocycles. The van der Waals surface area contributed by atoms with Crippen LogP contribution in [0.5, 0.6) is 5.75 Å². The molecule has 27 heavy (non-hydrogen) atoms. The molecule has 0 fully saturated rings. The highest BCUT2D eigenvalue weighted by Crippen LogP contribution is 2.29. The number of amides is 1. The summed E-state index contributed by atoms with van der Waals surface area (Å²) in [5.74, 6) is 0.279. The van der Waals surface area contributed by atoms with Crippen molar-refractivity contribution in [2.75, 3.05) is 11.8 Å². The highest BCUT2D eigenvalue weighted by atomic mass is 79.9. The van der Waals surface area contributed by atoms with Crippen molar-refractivity contribution in [3.05, 3.63) is 52.5 Å². The molecule has 0 aliphatic heterocycles. The third-order valence-electron chi connectivity index (χ3n) is 4.15. The third kappa shape index (κ3) is 5.46. The van der Waals surface area contributed by atoms with Gasteiger partial charge in [-0.1, -0.05) is 13.0 Å². The van der Waals surface area contributed by atoms with Crippen molar-refractivity contribution in [2.45, 2.75) is 37.6 Å². The highest BCUT2D eigenvalue weighted by molar-refractivity contribution is 9.10. The van der Waals surface area contributed by atoms with E-state index in [0.29, 0.717) is 15.9 Å². The van der Waals surface area contributed by atoms with Gasteiger partial charge in [-0.25, -0.2) is 8.42 Å². The average molecular weight is 455 g/mol. The number of anilines is 1. The molecule has 2 rings (SSSR count). The molecule has 1 amide bonds. The first kappa shape index (κ1) is 21.2. The van der Waals surface area contributed by atoms with Crippen LogP contribution in [0.4, 0.5) is 5.69 Å². The van der Waals surface area contributed by atoms with Crippen LogP contribution in [0.2, 0.25) is 0 Å². The molecule has 0 radical (unpaired) electrons. The van der Waals surface area contributed by atoms with Crippen molar-refractivity contribution in [1.82, 2.24) is 5.32 Å². The second-order valence-corrected chi connectivity index (χ2v) is 9.21. The molecule has 2 aromatic rings. The quantitative estimate of drug-likeness (QED) is 0.656. The molecule has 0 atom stereocenters. The summed E-state index contributed by atoms with van der Waals surface area (Å²) in [4.78, 5) is 12.4. The van der Waals surface area contributed by atoms with Crippen LogP contribution in [0, 0.1) is 0 Å². The van der Waals surface area contributed by atoms with Crippen LogP contribution in [0.1, 0.15) is 37.6 Å². The summed E-state index contributed by atoms with van der Waals surface area (Å²) in [6.45, 7) is 5.79. The number of ether oxygens (including phenoxy) is 1. The van der Waals surface area contributed by atoms with E-state index in [0.717, 1.165) is 6.42 Å². The summed E-state index contributed by atoms with van der Waals surface area (Å²) in [6.07, 6.45) is 0.755. The van der Waals surface area contributed by atoms with Crippen molar-refractivity contribution in [2.24, 2.45) is 0 Å². The lowest BCUT2D eigenvalue weighted by atomic mass is 10.0. The first-order chi connectivity index (χ1) is 12.6. The molecule has 2 aromatic carbocycles. The number of hydrogen-bond acceptors (Lipinski definition) is 4. The number of carbonyl (C=O) groups is 1. The number of rotatable bonds is 7. The number of benzene rings is 2. The van der Waals surface area contributed by atoms with Crippen LogP contribution in [0.15, 0.2) is 51.8 Å². The predicted octanol–water partition coefficient (Wildman–Crippen LogP) is 4.18. The molecule has 0 aliphatic rings. The Hall–Kier alpha value is -2.06. The van der Waals surface area contributed by atoms with Gasteiger partial charge in [0.2, 0.25) is 0 Å². The zero-order valence-corrected chi connectivity index (χ0v) is 18.1. The maximum absolute atomic E-state index is 12.7. The standard InChI is InChI=1S/C19H23BrN2O4S/c1-5-19(2,3)21-18(23)13-7-6-8-15(11-13)27(24,25)22-14-9-10-17(26-4)16(20)12-14/h6-12,22H,5H2,1-4H3,(H,21,23). The van der Waals surface area contributed by atoms with Gasteiger partial charge in [-0.05, 0) is 72.6 Å². The first-order valence-corrected chi connectivity index (χ1v) is 10.6. The highest BCUT2D eigenvalue weighted by Gasteiger charge is 2.21. The molecule has 146 valence electrons. The Labute approximate surface area is 168 Å². The minimum Gasteiger partial charge on any atom is -0.496 e. The van der Waals surface area contributed by atoms with E-state index in [1.807, 2.05) is 20.8 Å². The Balaban J connectivity index is 2.26. The van der Waals surface area contributed by atoms with E-state index in [1.165, 1.54) is 19.2 Å². The summed E-state index contributed by atoms with van der Waals surface area (Å²) < 4.78 is 33.7. The van der Waals surface area contributed by atoms with Crippen LogP contribution < -0.4 is 14.8 Å². The van der Waals surface area contributed by atoms with Crippen molar-refractivity contribution < 1.29 is 17.9 Å². The van der Waals surface area contributed by atoms with Crippen molar-refractivity contribution >= 4 is 37.5 Å². The van der Waals surface area contributed by atoms with E-state index in [9.17, 15) is 13.2 Å². The number of sulfonamides is 1. The zero-order valence-electron chi connectivity index (χ0n) is 15.7. The largest absolute Gasteiger partial charge is 0.496 e. The number of methoxy groups -OCH3 is 1. The molecule has 0 bridgehead atoms. The molecule has 0 heterocycles. The fourth-order valence-electron chi connectivity index (χ4n) is 2.22. The van der Waals surface area contributed by atoms with Crippen LogP contribution >= 0.6 is 15.9 Å². The van der Waals surface area contributed by atoms with E-state index in [-0.39, 0.29) is 21.9 Å². The van der Waals surface area contributed by atoms with Gasteiger partial charge in [-0.3, -0.25) is 9.52 Å². The Morgan fingerprint density at radius 3 is 2.48 bits per heavy atom. The second kappa shape index (κ2) is 8.31. The maximum Gasteiger partial charge on any atom is 0.261 e. The molecule has 0 saturated heterocycles. The summed E-state index contributed by atoms with van der Waals surface area (Å²) >= 11 is 3.32. The Morgan fingerprint density at radius 2 is 1.89 bits per heavy atom. The Bertz CT molecular complexity index is 942. The van der Waals surface area contributed by atoms with Gasteiger partial charge in [0.1, 0.15) is 5.75 Å². The predicted molar refractivity (Wildman–Crippen MR) is 110 cm³/mol. The first-order valence-electron chi connectivity index (χ1n) is 8.37. The number of halogens is 1. The average Bonchev–Trinajstić information content (AvgIpc) is 2.61. The zero-order chi connectivity index (χ0) is 20.2. The fraction of sp³-hybridized carbons (Fsp3) is 0.316. The van der Waals surface area contributed by atoms with E-state index >= 15 is 0 Å². The molecule has 0 unspecified atom stereocenters. The van der Waals surface area contributed by atoms with Gasteiger partial charge in [0.15, 0.2) is 0 Å². The number of hydrogen-bond donors (Lipinski definition) is 2. The molecule has 0 saturated carbocycles. The monoisotopic (exact) mass is 454 g/mol. The lowest BCUT2D eigenvalue weighted by Gasteiger charge is -2.24. The molecule has 2 N–H and O–H groups in total. The summed E-state index contributed by atoms with van der Waals surface area (Å²) in [7, 11) is -2.32. The van der Waals surface area contributed by atoms with Gasteiger partial charge >= 0.3 is 0 Å². The van der Waals surface area contributed by atoms with Gasteiger partial charge in [-0.2, -0.15) is 0 Å². The molecule has 0 aliphatic carbocycles. The van der Waals surface area contributed by atoms with Crippen LogP contribution in [0.3, 0.4) is 0 Å². The van der Waals surface area contributed by atoms with Crippen LogP contribution in [0.25, 0.3) is 0 Å². The number of nitrogens with one attached hydrogen (secondary N) is 2. The summed E-state index contributed by atoms with van der Waals surface area (Å²) in [5.41, 5.74) is 0.291. The van der Waals surface area contributed by atoms with E-state index < -0.39 is 10.0 Å². The molecular formula is C19H23BrN2O4S. The molecule has 8 heteroatoms. The van der Waals surface area contributed by atoms with Crippen molar-refractivity contribution in [1.29, 1.82) is 0 Å². The Kier molecular flexibility index (Phi) is 6.54. The van der Waals surface area contributed by atoms with E-state index in [4.69, 9.17) is 4.74 Å². The van der Waals surface area contributed by atoms with Crippen molar-refractivity contribution in [3.63, 3.8) is 0 Å². The van der Waals surface area contributed by atoms with E-state index in [2.05, 4.69) is 26.0 Å². The Morgan fingerprint density at radius 1 is 1.19 bits per heavy atom. The van der Waals surface area contributed by atoms with Crippen LogP contribution in [-0.4, -0.2) is 27.0 Å². The summed E-state index contributed by atoms with van der Waals surface area (Å²) in [6, 6.07) is 10.8. The lowest BCUT2D eigenvalue weighted by molar-refractivity contribution is 0.0911. The van der Waals surface area contributed by atoms with Crippen molar-refractivity contribution in [3.8, 4) is 5.75 Å². The van der Waals surface area contributed by atoms with Gasteiger partial charge in [-0.15, -0.1) is 0 Å². The van der Waals surface area contributed by atoms with Gasteiger partial charge < -0.3 is 10.1 Å². The minimum absolute atomic E-state index is 0.0106. The normalized spacial score (nSPS) is 11.7. The second-order valence-electron chi connectivity index (χ2n) is 6.67. The lowest BCUT2D eigenvalue weighted by Crippen LogP contribution is -2.42. The molecule has 0 spiro atoms. The smallest absolute Gasteiger partial charge is 0.261 e. The van der Waals surface area contributed by atoms with Crippen LogP contribution in [-0.2, 0) is 10.0 Å². The SMILES string of the molecule is CCC(C)(C)NC(=O)c1cccc(S(=O)(=O)Nc2ccc(OC)c(Br)c2)c1. The van der Waals surface area contributed by atoms with Gasteiger partial charge in [0, 0.05) is 11.1 Å². The van der Waals surface area contributed by atoms with E-state index in [1.54, 1.807) is 30.3 Å². The fourth-order valence-corrected chi connectivity index (χ4v) is 3.85. The van der Waals surface area contributed by atoms with Gasteiger partial charge in [0.25, 0.3) is 15.9 Å². The maximum atomic E-state index is 12.7. The molecule has 6 nitrogen and oxygen atoms in total.